The highest BCUT2D eigenvalue weighted by atomic mass is 16.5. The van der Waals surface area contributed by atoms with Crippen molar-refractivity contribution in [2.75, 3.05) is 13.1 Å². The molecule has 1 saturated carbocycles. The summed E-state index contributed by atoms with van der Waals surface area (Å²) in [5, 5.41) is 6.21. The Kier molecular flexibility index (Phi) is 8.22. The molecule has 1 atom stereocenters. The summed E-state index contributed by atoms with van der Waals surface area (Å²) in [5.41, 5.74) is 2.24. The van der Waals surface area contributed by atoms with Gasteiger partial charge in [-0.1, -0.05) is 45.2 Å². The van der Waals surface area contributed by atoms with Gasteiger partial charge in [-0.3, -0.25) is 4.79 Å². The monoisotopic (exact) mass is 429 g/mol. The highest BCUT2D eigenvalue weighted by Gasteiger charge is 2.28. The molecule has 172 valence electrons. The third-order valence-corrected chi connectivity index (χ3v) is 6.61. The van der Waals surface area contributed by atoms with Gasteiger partial charge < -0.3 is 20.3 Å². The Hall–Kier alpha value is -2.24. The molecule has 1 aliphatic heterocycles. The summed E-state index contributed by atoms with van der Waals surface area (Å²) in [5.74, 6) is 1.21. The number of rotatable bonds is 6. The van der Waals surface area contributed by atoms with Gasteiger partial charge in [0.1, 0.15) is 5.75 Å². The molecule has 6 nitrogen and oxygen atoms in total. The molecule has 1 aromatic carbocycles. The van der Waals surface area contributed by atoms with Gasteiger partial charge in [0.05, 0.1) is 0 Å². The van der Waals surface area contributed by atoms with Crippen LogP contribution in [0.4, 0.5) is 4.79 Å². The Morgan fingerprint density at radius 3 is 2.19 bits per heavy atom. The minimum atomic E-state index is -0.528. The third kappa shape index (κ3) is 6.62. The van der Waals surface area contributed by atoms with Crippen molar-refractivity contribution in [3.63, 3.8) is 0 Å². The fourth-order valence-electron chi connectivity index (χ4n) is 4.50. The fourth-order valence-corrected chi connectivity index (χ4v) is 4.50. The standard InChI is InChI=1S/C25H39N3O3/c1-17(2)20-11-10-18(3)23(16-20)31-19(4)24(29)28-14-12-22(13-15-28)27-25(30)26-21-8-6-5-7-9-21/h10-11,16-17,19,21-22H,5-9,12-15H2,1-4H3,(H2,26,27,30). The first kappa shape index (κ1) is 23.4. The second kappa shape index (κ2) is 10.9. The van der Waals surface area contributed by atoms with Gasteiger partial charge in [-0.2, -0.15) is 0 Å². The quantitative estimate of drug-likeness (QED) is 0.699. The molecule has 1 aliphatic carbocycles. The first-order valence-corrected chi connectivity index (χ1v) is 12.0. The van der Waals surface area contributed by atoms with Gasteiger partial charge in [-0.25, -0.2) is 4.79 Å². The summed E-state index contributed by atoms with van der Waals surface area (Å²) >= 11 is 0. The molecule has 1 unspecified atom stereocenters. The van der Waals surface area contributed by atoms with Gasteiger partial charge in [0.25, 0.3) is 5.91 Å². The largest absolute Gasteiger partial charge is 0.481 e. The van der Waals surface area contributed by atoms with Crippen LogP contribution in [0.15, 0.2) is 18.2 Å². The molecule has 2 fully saturated rings. The van der Waals surface area contributed by atoms with Crippen LogP contribution >= 0.6 is 0 Å². The summed E-state index contributed by atoms with van der Waals surface area (Å²) in [7, 11) is 0. The average molecular weight is 430 g/mol. The zero-order valence-electron chi connectivity index (χ0n) is 19.6. The van der Waals surface area contributed by atoms with E-state index in [2.05, 4.69) is 36.6 Å². The van der Waals surface area contributed by atoms with Crippen molar-refractivity contribution in [3.8, 4) is 5.75 Å². The number of nitrogens with one attached hydrogen (secondary N) is 2. The van der Waals surface area contributed by atoms with Crippen molar-refractivity contribution < 1.29 is 14.3 Å². The lowest BCUT2D eigenvalue weighted by Crippen LogP contribution is -2.52. The Morgan fingerprint density at radius 2 is 1.58 bits per heavy atom. The van der Waals surface area contributed by atoms with E-state index in [0.29, 0.717) is 25.0 Å². The molecule has 1 heterocycles. The normalized spacial score (nSPS) is 19.2. The zero-order chi connectivity index (χ0) is 22.4. The first-order chi connectivity index (χ1) is 14.8. The van der Waals surface area contributed by atoms with Crippen molar-refractivity contribution in [1.82, 2.24) is 15.5 Å². The molecule has 6 heteroatoms. The minimum absolute atomic E-state index is 0.0134. The fraction of sp³-hybridized carbons (Fsp3) is 0.680. The maximum atomic E-state index is 12.9. The Balaban J connectivity index is 1.45. The van der Waals surface area contributed by atoms with Gasteiger partial charge in [0, 0.05) is 25.2 Å². The van der Waals surface area contributed by atoms with Crippen molar-refractivity contribution in [2.24, 2.45) is 0 Å². The van der Waals surface area contributed by atoms with Crippen LogP contribution in [0.5, 0.6) is 5.75 Å². The predicted molar refractivity (Wildman–Crippen MR) is 124 cm³/mol. The van der Waals surface area contributed by atoms with E-state index < -0.39 is 6.10 Å². The summed E-state index contributed by atoms with van der Waals surface area (Å²) in [6.45, 7) is 9.42. The molecule has 2 N–H and O–H groups in total. The number of amides is 3. The average Bonchev–Trinajstić information content (AvgIpc) is 2.75. The molecule has 0 bridgehead atoms. The smallest absolute Gasteiger partial charge is 0.315 e. The number of urea groups is 1. The molecule has 0 aromatic heterocycles. The Bertz CT molecular complexity index is 750. The Labute approximate surface area is 187 Å². The van der Waals surface area contributed by atoms with E-state index >= 15 is 0 Å². The van der Waals surface area contributed by atoms with Gasteiger partial charge in [0.2, 0.25) is 0 Å². The van der Waals surface area contributed by atoms with Crippen molar-refractivity contribution in [3.05, 3.63) is 29.3 Å². The number of carbonyl (C=O) groups excluding carboxylic acids is 2. The molecular formula is C25H39N3O3. The summed E-state index contributed by atoms with van der Waals surface area (Å²) in [6, 6.07) is 6.58. The highest BCUT2D eigenvalue weighted by Crippen LogP contribution is 2.26. The van der Waals surface area contributed by atoms with Crippen LogP contribution in [0, 0.1) is 6.92 Å². The third-order valence-electron chi connectivity index (χ3n) is 6.61. The second-order valence-electron chi connectivity index (χ2n) is 9.49. The molecule has 2 aliphatic rings. The lowest BCUT2D eigenvalue weighted by Gasteiger charge is -2.34. The first-order valence-electron chi connectivity index (χ1n) is 12.0. The van der Waals surface area contributed by atoms with E-state index in [0.717, 1.165) is 37.0 Å². The van der Waals surface area contributed by atoms with Crippen LogP contribution in [-0.4, -0.2) is 48.1 Å². The van der Waals surface area contributed by atoms with E-state index in [4.69, 9.17) is 4.74 Å². The molecule has 0 radical (unpaired) electrons. The van der Waals surface area contributed by atoms with E-state index in [9.17, 15) is 9.59 Å². The van der Waals surface area contributed by atoms with Gasteiger partial charge >= 0.3 is 6.03 Å². The lowest BCUT2D eigenvalue weighted by molar-refractivity contribution is -0.139. The van der Waals surface area contributed by atoms with Gasteiger partial charge in [-0.15, -0.1) is 0 Å². The maximum absolute atomic E-state index is 12.9. The molecule has 0 spiro atoms. The van der Waals surface area contributed by atoms with Crippen LogP contribution in [0.2, 0.25) is 0 Å². The molecule has 1 saturated heterocycles. The maximum Gasteiger partial charge on any atom is 0.315 e. The zero-order valence-corrected chi connectivity index (χ0v) is 19.6. The van der Waals surface area contributed by atoms with Crippen LogP contribution in [0.1, 0.15) is 82.8 Å². The number of aryl methyl sites for hydroxylation is 1. The highest BCUT2D eigenvalue weighted by molar-refractivity contribution is 5.81. The Morgan fingerprint density at radius 1 is 0.968 bits per heavy atom. The number of carbonyl (C=O) groups is 2. The minimum Gasteiger partial charge on any atom is -0.481 e. The molecule has 3 rings (SSSR count). The lowest BCUT2D eigenvalue weighted by atomic mass is 9.96. The summed E-state index contributed by atoms with van der Waals surface area (Å²) < 4.78 is 6.06. The van der Waals surface area contributed by atoms with Crippen molar-refractivity contribution >= 4 is 11.9 Å². The van der Waals surface area contributed by atoms with E-state index in [1.807, 2.05) is 24.8 Å². The SMILES string of the molecule is Cc1ccc(C(C)C)cc1OC(C)C(=O)N1CCC(NC(=O)NC2CCCCC2)CC1. The van der Waals surface area contributed by atoms with Gasteiger partial charge in [-0.05, 0) is 62.6 Å². The number of ether oxygens (including phenoxy) is 1. The molecule has 31 heavy (non-hydrogen) atoms. The van der Waals surface area contributed by atoms with E-state index in [-0.39, 0.29) is 18.0 Å². The number of benzene rings is 1. The van der Waals surface area contributed by atoms with Crippen LogP contribution < -0.4 is 15.4 Å². The molecule has 1 aromatic rings. The van der Waals surface area contributed by atoms with E-state index in [1.54, 1.807) is 0 Å². The van der Waals surface area contributed by atoms with Crippen molar-refractivity contribution in [1.29, 1.82) is 0 Å². The van der Waals surface area contributed by atoms with Crippen LogP contribution in [0.25, 0.3) is 0 Å². The van der Waals surface area contributed by atoms with Crippen molar-refractivity contribution in [2.45, 2.75) is 96.7 Å². The summed E-state index contributed by atoms with van der Waals surface area (Å²) in [4.78, 5) is 27.1. The number of piperidine rings is 1. The second-order valence-corrected chi connectivity index (χ2v) is 9.49. The molecular weight excluding hydrogens is 390 g/mol. The predicted octanol–water partition coefficient (Wildman–Crippen LogP) is 4.51. The van der Waals surface area contributed by atoms with Crippen LogP contribution in [-0.2, 0) is 4.79 Å². The van der Waals surface area contributed by atoms with E-state index in [1.165, 1.54) is 24.8 Å². The number of nitrogens with zero attached hydrogens (tertiary/aromatic N) is 1. The summed E-state index contributed by atoms with van der Waals surface area (Å²) in [6.07, 6.45) is 6.86. The topological polar surface area (TPSA) is 70.7 Å². The van der Waals surface area contributed by atoms with Gasteiger partial charge in [0.15, 0.2) is 6.10 Å². The number of likely N-dealkylation sites (tertiary alicyclic amines) is 1. The number of hydrogen-bond donors (Lipinski definition) is 2. The molecule has 3 amide bonds. The van der Waals surface area contributed by atoms with Crippen LogP contribution in [0.3, 0.4) is 0 Å². The number of hydrogen-bond acceptors (Lipinski definition) is 3.